The van der Waals surface area contributed by atoms with Crippen LogP contribution in [0.25, 0.3) is 11.1 Å². The second-order valence-corrected chi connectivity index (χ2v) is 5.61. The second-order valence-electron chi connectivity index (χ2n) is 5.18. The predicted molar refractivity (Wildman–Crippen MR) is 90.9 cm³/mol. The molecule has 2 aromatic carbocycles. The zero-order chi connectivity index (χ0) is 16.2. The molecule has 0 saturated carbocycles. The third-order valence-electron chi connectivity index (χ3n) is 3.34. The highest BCUT2D eigenvalue weighted by molar-refractivity contribution is 6.30. The highest BCUT2D eigenvalue weighted by Gasteiger charge is 2.05. The molecule has 6 heteroatoms. The van der Waals surface area contributed by atoms with Gasteiger partial charge in [-0.3, -0.25) is 0 Å². The monoisotopic (exact) mass is 329 g/mol. The number of amides is 2. The van der Waals surface area contributed by atoms with Crippen molar-refractivity contribution < 1.29 is 9.21 Å². The van der Waals surface area contributed by atoms with E-state index in [1.165, 1.54) is 0 Å². The molecule has 0 aliphatic carbocycles. The fraction of sp³-hybridized carbons (Fsp3) is 0.176. The van der Waals surface area contributed by atoms with Gasteiger partial charge < -0.3 is 15.1 Å². The topological polar surface area (TPSA) is 67.2 Å². The quantitative estimate of drug-likeness (QED) is 0.755. The molecule has 3 rings (SSSR count). The predicted octanol–water partition coefficient (Wildman–Crippen LogP) is 4.15. The van der Waals surface area contributed by atoms with Crippen LogP contribution in [0.5, 0.6) is 0 Å². The molecule has 2 amide bonds. The number of rotatable bonds is 4. The van der Waals surface area contributed by atoms with Gasteiger partial charge in [0.1, 0.15) is 5.52 Å². The third kappa shape index (κ3) is 4.02. The van der Waals surface area contributed by atoms with Crippen molar-refractivity contribution in [2.24, 2.45) is 0 Å². The summed E-state index contributed by atoms with van der Waals surface area (Å²) in [7, 11) is 0. The fourth-order valence-electron chi connectivity index (χ4n) is 2.31. The van der Waals surface area contributed by atoms with Crippen molar-refractivity contribution in [3.05, 3.63) is 58.9 Å². The Balaban J connectivity index is 1.52. The van der Waals surface area contributed by atoms with Crippen LogP contribution in [-0.4, -0.2) is 17.6 Å². The standard InChI is InChI=1S/C17H16ClN3O2/c1-11-20-15-9-12(5-6-16(15)23-11)7-8-19-17(22)21-14-4-2-3-13(18)10-14/h2-6,9-10H,7-8H2,1H3,(H2,19,21,22). The van der Waals surface area contributed by atoms with Gasteiger partial charge in [-0.25, -0.2) is 9.78 Å². The lowest BCUT2D eigenvalue weighted by atomic mass is 10.1. The lowest BCUT2D eigenvalue weighted by Gasteiger charge is -2.08. The summed E-state index contributed by atoms with van der Waals surface area (Å²) >= 11 is 5.88. The van der Waals surface area contributed by atoms with Gasteiger partial charge in [0.2, 0.25) is 0 Å². The molecule has 0 aliphatic heterocycles. The number of carbonyl (C=O) groups is 1. The van der Waals surface area contributed by atoms with Crippen LogP contribution in [0.2, 0.25) is 5.02 Å². The van der Waals surface area contributed by atoms with Gasteiger partial charge in [0.15, 0.2) is 11.5 Å². The summed E-state index contributed by atoms with van der Waals surface area (Å²) < 4.78 is 5.44. The van der Waals surface area contributed by atoms with E-state index in [9.17, 15) is 4.79 Å². The number of nitrogens with one attached hydrogen (secondary N) is 2. The first-order chi connectivity index (χ1) is 11.1. The van der Waals surface area contributed by atoms with Crippen LogP contribution in [0.15, 0.2) is 46.9 Å². The number of urea groups is 1. The molecule has 1 heterocycles. The van der Waals surface area contributed by atoms with E-state index in [2.05, 4.69) is 15.6 Å². The van der Waals surface area contributed by atoms with E-state index in [4.69, 9.17) is 16.0 Å². The average molecular weight is 330 g/mol. The molecule has 0 atom stereocenters. The number of aromatic nitrogens is 1. The SMILES string of the molecule is Cc1nc2cc(CCNC(=O)Nc3cccc(Cl)c3)ccc2o1. The maximum absolute atomic E-state index is 11.8. The van der Waals surface area contributed by atoms with E-state index in [1.54, 1.807) is 24.3 Å². The maximum atomic E-state index is 11.8. The van der Waals surface area contributed by atoms with Gasteiger partial charge >= 0.3 is 6.03 Å². The lowest BCUT2D eigenvalue weighted by molar-refractivity contribution is 0.252. The first kappa shape index (κ1) is 15.4. The number of oxazole rings is 1. The van der Waals surface area contributed by atoms with Crippen LogP contribution < -0.4 is 10.6 Å². The molecule has 23 heavy (non-hydrogen) atoms. The zero-order valence-corrected chi connectivity index (χ0v) is 13.4. The maximum Gasteiger partial charge on any atom is 0.319 e. The van der Waals surface area contributed by atoms with Crippen molar-refractivity contribution in [1.29, 1.82) is 0 Å². The zero-order valence-electron chi connectivity index (χ0n) is 12.6. The molecule has 1 aromatic heterocycles. The number of hydrogen-bond donors (Lipinski definition) is 2. The molecular weight excluding hydrogens is 314 g/mol. The smallest absolute Gasteiger partial charge is 0.319 e. The number of benzene rings is 2. The van der Waals surface area contributed by atoms with Gasteiger partial charge in [-0.2, -0.15) is 0 Å². The van der Waals surface area contributed by atoms with E-state index in [0.29, 0.717) is 29.6 Å². The van der Waals surface area contributed by atoms with E-state index in [1.807, 2.05) is 25.1 Å². The summed E-state index contributed by atoms with van der Waals surface area (Å²) in [6, 6.07) is 12.6. The Hall–Kier alpha value is -2.53. The van der Waals surface area contributed by atoms with Gasteiger partial charge in [-0.1, -0.05) is 23.7 Å². The van der Waals surface area contributed by atoms with Crippen LogP contribution in [-0.2, 0) is 6.42 Å². The van der Waals surface area contributed by atoms with Crippen molar-refractivity contribution in [1.82, 2.24) is 10.3 Å². The molecule has 5 nitrogen and oxygen atoms in total. The summed E-state index contributed by atoms with van der Waals surface area (Å²) in [4.78, 5) is 16.1. The van der Waals surface area contributed by atoms with Gasteiger partial charge in [0.25, 0.3) is 0 Å². The highest BCUT2D eigenvalue weighted by Crippen LogP contribution is 2.17. The third-order valence-corrected chi connectivity index (χ3v) is 3.58. The van der Waals surface area contributed by atoms with E-state index >= 15 is 0 Å². The minimum absolute atomic E-state index is 0.259. The number of fused-ring (bicyclic) bond motifs is 1. The minimum atomic E-state index is -0.259. The molecular formula is C17H16ClN3O2. The van der Waals surface area contributed by atoms with Gasteiger partial charge in [0.05, 0.1) is 0 Å². The summed E-state index contributed by atoms with van der Waals surface area (Å²) in [5.74, 6) is 0.649. The Morgan fingerprint density at radius 3 is 2.96 bits per heavy atom. The summed E-state index contributed by atoms with van der Waals surface area (Å²) in [6.45, 7) is 2.34. The van der Waals surface area contributed by atoms with Crippen LogP contribution in [0.3, 0.4) is 0 Å². The fourth-order valence-corrected chi connectivity index (χ4v) is 2.50. The van der Waals surface area contributed by atoms with Gasteiger partial charge in [-0.05, 0) is 42.3 Å². The number of halogens is 1. The molecule has 118 valence electrons. The van der Waals surface area contributed by atoms with Crippen LogP contribution in [0, 0.1) is 6.92 Å². The van der Waals surface area contributed by atoms with Crippen molar-refractivity contribution in [2.45, 2.75) is 13.3 Å². The molecule has 0 aliphatic rings. The van der Waals surface area contributed by atoms with Crippen molar-refractivity contribution in [2.75, 3.05) is 11.9 Å². The summed E-state index contributed by atoms with van der Waals surface area (Å²) in [5.41, 5.74) is 3.37. The van der Waals surface area contributed by atoms with Gasteiger partial charge in [-0.15, -0.1) is 0 Å². The number of aryl methyl sites for hydroxylation is 1. The van der Waals surface area contributed by atoms with Crippen molar-refractivity contribution in [3.8, 4) is 0 Å². The normalized spacial score (nSPS) is 10.7. The molecule has 0 saturated heterocycles. The molecule has 0 radical (unpaired) electrons. The average Bonchev–Trinajstić information content (AvgIpc) is 2.86. The number of hydrogen-bond acceptors (Lipinski definition) is 3. The second kappa shape index (κ2) is 6.71. The number of carbonyl (C=O) groups excluding carboxylic acids is 1. The molecule has 0 fully saturated rings. The first-order valence-electron chi connectivity index (χ1n) is 7.27. The van der Waals surface area contributed by atoms with Crippen LogP contribution in [0.1, 0.15) is 11.5 Å². The van der Waals surface area contributed by atoms with E-state index < -0.39 is 0 Å². The number of anilines is 1. The molecule has 0 bridgehead atoms. The van der Waals surface area contributed by atoms with Crippen LogP contribution >= 0.6 is 11.6 Å². The van der Waals surface area contributed by atoms with Crippen molar-refractivity contribution in [3.63, 3.8) is 0 Å². The van der Waals surface area contributed by atoms with Crippen LogP contribution in [0.4, 0.5) is 10.5 Å². The number of nitrogens with zero attached hydrogens (tertiary/aromatic N) is 1. The molecule has 0 unspecified atom stereocenters. The Bertz CT molecular complexity index is 845. The molecule has 2 N–H and O–H groups in total. The molecule has 0 spiro atoms. The summed E-state index contributed by atoms with van der Waals surface area (Å²) in [6.07, 6.45) is 0.713. The van der Waals surface area contributed by atoms with E-state index in [0.717, 1.165) is 16.7 Å². The first-order valence-corrected chi connectivity index (χ1v) is 7.64. The Kier molecular flexibility index (Phi) is 4.48. The summed E-state index contributed by atoms with van der Waals surface area (Å²) in [5, 5.41) is 6.14. The molecule has 3 aromatic rings. The highest BCUT2D eigenvalue weighted by atomic mass is 35.5. The Morgan fingerprint density at radius 1 is 1.26 bits per heavy atom. The Labute approximate surface area is 138 Å². The van der Waals surface area contributed by atoms with E-state index in [-0.39, 0.29) is 6.03 Å². The van der Waals surface area contributed by atoms with Gasteiger partial charge in [0, 0.05) is 24.2 Å². The minimum Gasteiger partial charge on any atom is -0.441 e. The largest absolute Gasteiger partial charge is 0.441 e. The lowest BCUT2D eigenvalue weighted by Crippen LogP contribution is -2.30. The van der Waals surface area contributed by atoms with Crippen molar-refractivity contribution >= 4 is 34.4 Å². The Morgan fingerprint density at radius 2 is 2.13 bits per heavy atom.